The van der Waals surface area contributed by atoms with Crippen LogP contribution in [0.25, 0.3) is 11.4 Å². The Morgan fingerprint density at radius 3 is 2.20 bits per heavy atom. The molecule has 0 fully saturated rings. The van der Waals surface area contributed by atoms with Gasteiger partial charge in [-0.15, -0.1) is 0 Å². The fourth-order valence-corrected chi connectivity index (χ4v) is 3.19. The monoisotopic (exact) mass is 374 g/mol. The van der Waals surface area contributed by atoms with E-state index in [1.54, 1.807) is 7.11 Å². The minimum absolute atomic E-state index is 0.173. The lowest BCUT2D eigenvalue weighted by molar-refractivity contribution is 0.412. The van der Waals surface area contributed by atoms with Gasteiger partial charge in [0.25, 0.3) is 0 Å². The lowest BCUT2D eigenvalue weighted by Crippen LogP contribution is -1.99. The molecule has 0 radical (unpaired) electrons. The lowest BCUT2D eigenvalue weighted by atomic mass is 10.1. The summed E-state index contributed by atoms with van der Waals surface area (Å²) >= 11 is 15.8. The molecule has 0 bridgehead atoms. The van der Waals surface area contributed by atoms with Crippen LogP contribution in [0.3, 0.4) is 0 Å². The fraction of sp³-hybridized carbons (Fsp3) is 0.286. The first-order chi connectivity index (χ1) is 9.43. The molecule has 2 aromatic rings. The summed E-state index contributed by atoms with van der Waals surface area (Å²) in [6, 6.07) is 5.57. The molecule has 1 heterocycles. The third-order valence-corrected chi connectivity index (χ3v) is 4.04. The quantitative estimate of drug-likeness (QED) is 0.678. The Bertz CT molecular complexity index is 624. The molecule has 0 aliphatic carbocycles. The van der Waals surface area contributed by atoms with Gasteiger partial charge in [0.1, 0.15) is 16.1 Å². The van der Waals surface area contributed by atoms with E-state index in [0.717, 1.165) is 21.3 Å². The van der Waals surface area contributed by atoms with Gasteiger partial charge in [0.15, 0.2) is 5.82 Å². The Hall–Kier alpha value is -0.840. The predicted octanol–water partition coefficient (Wildman–Crippen LogP) is 5.34. The molecule has 0 aliphatic rings. The lowest BCUT2D eigenvalue weighted by Gasteiger charge is -2.11. The third kappa shape index (κ3) is 3.08. The van der Waals surface area contributed by atoms with Crippen LogP contribution in [0.1, 0.15) is 25.3 Å². The normalized spacial score (nSPS) is 10.9. The van der Waals surface area contributed by atoms with E-state index in [2.05, 4.69) is 25.9 Å². The summed E-state index contributed by atoms with van der Waals surface area (Å²) in [4.78, 5) is 8.66. The highest BCUT2D eigenvalue weighted by Crippen LogP contribution is 2.33. The molecule has 0 atom stereocenters. The Labute approximate surface area is 136 Å². The summed E-state index contributed by atoms with van der Waals surface area (Å²) in [6.07, 6.45) is 0. The second-order valence-electron chi connectivity index (χ2n) is 4.55. The molecule has 1 aromatic carbocycles. The Kier molecular flexibility index (Phi) is 4.89. The van der Waals surface area contributed by atoms with Crippen molar-refractivity contribution in [1.82, 2.24) is 9.97 Å². The molecule has 0 spiro atoms. The zero-order valence-corrected chi connectivity index (χ0v) is 14.3. The van der Waals surface area contributed by atoms with Crippen molar-refractivity contribution in [2.45, 2.75) is 19.8 Å². The number of hydrogen-bond donors (Lipinski definition) is 0. The molecule has 0 saturated carbocycles. The smallest absolute Gasteiger partial charge is 0.162 e. The van der Waals surface area contributed by atoms with Gasteiger partial charge in [0.2, 0.25) is 0 Å². The molecule has 0 saturated heterocycles. The van der Waals surface area contributed by atoms with Crippen LogP contribution in [0.4, 0.5) is 0 Å². The largest absolute Gasteiger partial charge is 0.496 e. The molecule has 0 amide bonds. The van der Waals surface area contributed by atoms with Crippen molar-refractivity contribution in [3.05, 3.63) is 38.5 Å². The van der Waals surface area contributed by atoms with Gasteiger partial charge in [0, 0.05) is 11.1 Å². The van der Waals surface area contributed by atoms with E-state index < -0.39 is 0 Å². The molecule has 106 valence electrons. The topological polar surface area (TPSA) is 35.0 Å². The van der Waals surface area contributed by atoms with Crippen LogP contribution >= 0.6 is 39.1 Å². The van der Waals surface area contributed by atoms with Gasteiger partial charge in [-0.25, -0.2) is 9.97 Å². The maximum atomic E-state index is 6.21. The van der Waals surface area contributed by atoms with Crippen LogP contribution in [-0.2, 0) is 0 Å². The number of halogens is 3. The molecule has 0 unspecified atom stereocenters. The molecule has 6 heteroatoms. The molecule has 0 aliphatic heterocycles. The van der Waals surface area contributed by atoms with E-state index >= 15 is 0 Å². The summed E-state index contributed by atoms with van der Waals surface area (Å²) in [6.45, 7) is 4.00. The average Bonchev–Trinajstić information content (AvgIpc) is 2.37. The average molecular weight is 376 g/mol. The second-order valence-corrected chi connectivity index (χ2v) is 6.12. The highest BCUT2D eigenvalue weighted by atomic mass is 79.9. The molecule has 20 heavy (non-hydrogen) atoms. The van der Waals surface area contributed by atoms with Gasteiger partial charge in [0.05, 0.1) is 11.6 Å². The SMILES string of the molecule is COc1ccc(-c2nc(Cl)c(C(C)C)c(Cl)n2)cc1Br. The first-order valence-electron chi connectivity index (χ1n) is 6.01. The second kappa shape index (κ2) is 6.29. The summed E-state index contributed by atoms with van der Waals surface area (Å²) in [5, 5.41) is 0.781. The number of ether oxygens (including phenoxy) is 1. The van der Waals surface area contributed by atoms with Crippen molar-refractivity contribution >= 4 is 39.1 Å². The van der Waals surface area contributed by atoms with E-state index in [4.69, 9.17) is 27.9 Å². The standard InChI is InChI=1S/C14H13BrCl2N2O/c1-7(2)11-12(16)18-14(19-13(11)17)8-4-5-10(20-3)9(15)6-8/h4-7H,1-3H3. The van der Waals surface area contributed by atoms with E-state index in [1.807, 2.05) is 32.0 Å². The van der Waals surface area contributed by atoms with Gasteiger partial charge in [-0.2, -0.15) is 0 Å². The Morgan fingerprint density at radius 2 is 1.75 bits per heavy atom. The van der Waals surface area contributed by atoms with E-state index in [9.17, 15) is 0 Å². The van der Waals surface area contributed by atoms with Gasteiger partial charge < -0.3 is 4.74 Å². The van der Waals surface area contributed by atoms with Crippen LogP contribution in [0.15, 0.2) is 22.7 Å². The summed E-state index contributed by atoms with van der Waals surface area (Å²) < 4.78 is 6.01. The van der Waals surface area contributed by atoms with Crippen molar-refractivity contribution < 1.29 is 4.74 Å². The van der Waals surface area contributed by atoms with E-state index in [-0.39, 0.29) is 5.92 Å². The maximum absolute atomic E-state index is 6.21. The number of benzene rings is 1. The highest BCUT2D eigenvalue weighted by Gasteiger charge is 2.16. The zero-order chi connectivity index (χ0) is 14.9. The van der Waals surface area contributed by atoms with Crippen molar-refractivity contribution in [2.24, 2.45) is 0 Å². The van der Waals surface area contributed by atoms with Gasteiger partial charge in [-0.05, 0) is 40.0 Å². The highest BCUT2D eigenvalue weighted by molar-refractivity contribution is 9.10. The van der Waals surface area contributed by atoms with Gasteiger partial charge in [-0.3, -0.25) is 0 Å². The number of rotatable bonds is 3. The molecule has 1 aromatic heterocycles. The predicted molar refractivity (Wildman–Crippen MR) is 85.8 cm³/mol. The first-order valence-corrected chi connectivity index (χ1v) is 7.55. The molecular weight excluding hydrogens is 363 g/mol. The van der Waals surface area contributed by atoms with Crippen molar-refractivity contribution in [2.75, 3.05) is 7.11 Å². The zero-order valence-electron chi connectivity index (χ0n) is 11.2. The van der Waals surface area contributed by atoms with E-state index in [1.165, 1.54) is 0 Å². The molecular formula is C14H13BrCl2N2O. The van der Waals surface area contributed by atoms with E-state index in [0.29, 0.717) is 16.1 Å². The van der Waals surface area contributed by atoms with Crippen LogP contribution in [-0.4, -0.2) is 17.1 Å². The molecule has 3 nitrogen and oxygen atoms in total. The van der Waals surface area contributed by atoms with Gasteiger partial charge in [-0.1, -0.05) is 37.0 Å². The summed E-state index contributed by atoms with van der Waals surface area (Å²) in [7, 11) is 1.61. The van der Waals surface area contributed by atoms with Crippen LogP contribution in [0.5, 0.6) is 5.75 Å². The summed E-state index contributed by atoms with van der Waals surface area (Å²) in [5.41, 5.74) is 1.58. The summed E-state index contributed by atoms with van der Waals surface area (Å²) in [5.74, 6) is 1.41. The number of nitrogens with zero attached hydrogens (tertiary/aromatic N) is 2. The Balaban J connectivity index is 2.51. The number of aromatic nitrogens is 2. The minimum atomic E-state index is 0.173. The Morgan fingerprint density at radius 1 is 1.15 bits per heavy atom. The maximum Gasteiger partial charge on any atom is 0.162 e. The van der Waals surface area contributed by atoms with Crippen LogP contribution < -0.4 is 4.74 Å². The number of methoxy groups -OCH3 is 1. The minimum Gasteiger partial charge on any atom is -0.496 e. The fourth-order valence-electron chi connectivity index (χ4n) is 1.83. The van der Waals surface area contributed by atoms with Gasteiger partial charge >= 0.3 is 0 Å². The van der Waals surface area contributed by atoms with Crippen molar-refractivity contribution in [3.8, 4) is 17.1 Å². The first kappa shape index (κ1) is 15.5. The molecule has 2 rings (SSSR count). The van der Waals surface area contributed by atoms with Crippen molar-refractivity contribution in [1.29, 1.82) is 0 Å². The molecule has 0 N–H and O–H groups in total. The third-order valence-electron chi connectivity index (χ3n) is 2.84. The van der Waals surface area contributed by atoms with Crippen molar-refractivity contribution in [3.63, 3.8) is 0 Å². The van der Waals surface area contributed by atoms with Crippen LogP contribution in [0, 0.1) is 0 Å². The number of hydrogen-bond acceptors (Lipinski definition) is 3. The van der Waals surface area contributed by atoms with Crippen LogP contribution in [0.2, 0.25) is 10.3 Å².